The summed E-state index contributed by atoms with van der Waals surface area (Å²) in [6, 6.07) is 24.8. The smallest absolute Gasteiger partial charge is 0.304 e. The summed E-state index contributed by atoms with van der Waals surface area (Å²) in [4.78, 5) is 27.6. The molecule has 0 spiro atoms. The molecule has 3 aromatic rings. The van der Waals surface area contributed by atoms with Crippen LogP contribution in [0.1, 0.15) is 18.1 Å². The van der Waals surface area contributed by atoms with Crippen LogP contribution in [0.25, 0.3) is 0 Å². The van der Waals surface area contributed by atoms with Crippen LogP contribution in [0, 0.1) is 0 Å². The zero-order valence-electron chi connectivity index (χ0n) is 21.1. The molecular weight excluding hydrogens is 554 g/mol. The number of ether oxygens (including phenoxy) is 3. The number of alkyl halides is 1. The van der Waals surface area contributed by atoms with Crippen LogP contribution in [0.3, 0.4) is 0 Å². The highest BCUT2D eigenvalue weighted by Gasteiger charge is 2.65. The molecule has 1 amide bonds. The third-order valence-electron chi connectivity index (χ3n) is 6.42. The van der Waals surface area contributed by atoms with E-state index in [0.29, 0.717) is 18.2 Å². The molecule has 194 valence electrons. The second-order valence-corrected chi connectivity index (χ2v) is 10.7. The number of hydrogen-bond donors (Lipinski definition) is 0. The van der Waals surface area contributed by atoms with E-state index in [1.807, 2.05) is 83.8 Å². The Kier molecular flexibility index (Phi) is 8.82. The number of amides is 1. The highest BCUT2D eigenvalue weighted by atomic mass is 79.9. The fourth-order valence-corrected chi connectivity index (χ4v) is 6.94. The van der Waals surface area contributed by atoms with Gasteiger partial charge in [-0.05, 0) is 60.4 Å². The van der Waals surface area contributed by atoms with Crippen molar-refractivity contribution in [2.75, 3.05) is 19.5 Å². The highest BCUT2D eigenvalue weighted by Crippen LogP contribution is 2.49. The minimum Gasteiger partial charge on any atom is -0.497 e. The Morgan fingerprint density at radius 2 is 1.43 bits per heavy atom. The molecule has 0 radical (unpaired) electrons. The zero-order chi connectivity index (χ0) is 26.4. The maximum Gasteiger partial charge on any atom is 0.304 e. The van der Waals surface area contributed by atoms with Crippen molar-refractivity contribution in [2.24, 2.45) is 0 Å². The summed E-state index contributed by atoms with van der Waals surface area (Å²) in [5.41, 5.74) is 2.17. The lowest BCUT2D eigenvalue weighted by Crippen LogP contribution is -2.76. The number of halogens is 1. The highest BCUT2D eigenvalue weighted by molar-refractivity contribution is 9.09. The Balaban J connectivity index is 1.67. The van der Waals surface area contributed by atoms with E-state index in [1.54, 1.807) is 14.2 Å². The number of esters is 1. The molecule has 8 heteroatoms. The Bertz CT molecular complexity index is 1160. The first-order chi connectivity index (χ1) is 17.9. The molecule has 0 saturated carbocycles. The lowest BCUT2D eigenvalue weighted by molar-refractivity contribution is -0.190. The monoisotopic (exact) mass is 583 g/mol. The predicted octanol–water partition coefficient (Wildman–Crippen LogP) is 5.52. The molecule has 6 nitrogen and oxygen atoms in total. The molecule has 1 aliphatic rings. The average Bonchev–Trinajstić information content (AvgIpc) is 2.91. The lowest BCUT2D eigenvalue weighted by atomic mass is 9.89. The number of nitrogens with zero attached hydrogens (tertiary/aromatic N) is 1. The fourth-order valence-electron chi connectivity index (χ4n) is 4.63. The van der Waals surface area contributed by atoms with Gasteiger partial charge in [0.05, 0.1) is 14.2 Å². The number of benzene rings is 3. The van der Waals surface area contributed by atoms with E-state index in [-0.39, 0.29) is 18.0 Å². The number of carbonyl (C=O) groups is 2. The molecule has 4 rings (SSSR count). The van der Waals surface area contributed by atoms with Crippen molar-refractivity contribution in [3.05, 3.63) is 90.0 Å². The first-order valence-corrected chi connectivity index (χ1v) is 13.9. The van der Waals surface area contributed by atoms with Gasteiger partial charge in [0, 0.05) is 23.2 Å². The normalized spacial score (nSPS) is 18.9. The van der Waals surface area contributed by atoms with E-state index >= 15 is 0 Å². The molecule has 0 aliphatic carbocycles. The summed E-state index contributed by atoms with van der Waals surface area (Å²) in [5, 5.41) is 0.466. The standard InChI is InChI=1S/C29H30BrNO5S/c1-20(32)36-29(37-26-7-5-4-6-8-26)27(19-30)31(28(29)33)23(17-21-9-13-24(34-2)14-10-21)18-22-11-15-25(35-3)16-12-22/h4-16,23,27H,17-19H2,1-3H3. The Morgan fingerprint density at radius 1 is 0.919 bits per heavy atom. The third kappa shape index (κ3) is 5.96. The second-order valence-electron chi connectivity index (χ2n) is 8.82. The zero-order valence-corrected chi connectivity index (χ0v) is 23.5. The van der Waals surface area contributed by atoms with Crippen molar-refractivity contribution in [1.29, 1.82) is 0 Å². The quantitative estimate of drug-likeness (QED) is 0.128. The first kappa shape index (κ1) is 27.1. The molecule has 1 heterocycles. The maximum atomic E-state index is 14.0. The number of β-lactam (4-membered cyclic amide) rings is 1. The summed E-state index contributed by atoms with van der Waals surface area (Å²) < 4.78 is 16.4. The Morgan fingerprint density at radius 3 is 1.86 bits per heavy atom. The summed E-state index contributed by atoms with van der Waals surface area (Å²) in [6.45, 7) is 1.35. The van der Waals surface area contributed by atoms with Crippen LogP contribution in [0.4, 0.5) is 0 Å². The van der Waals surface area contributed by atoms with Gasteiger partial charge in [0.1, 0.15) is 17.5 Å². The molecule has 0 N–H and O–H groups in total. The molecule has 2 unspecified atom stereocenters. The van der Waals surface area contributed by atoms with E-state index in [2.05, 4.69) is 15.9 Å². The van der Waals surface area contributed by atoms with Crippen molar-refractivity contribution >= 4 is 39.6 Å². The molecule has 1 fully saturated rings. The number of hydrogen-bond acceptors (Lipinski definition) is 6. The van der Waals surface area contributed by atoms with Gasteiger partial charge in [-0.25, -0.2) is 0 Å². The number of thioether (sulfide) groups is 1. The minimum atomic E-state index is -1.32. The summed E-state index contributed by atoms with van der Waals surface area (Å²) >= 11 is 4.91. The molecule has 0 bridgehead atoms. The van der Waals surface area contributed by atoms with Gasteiger partial charge in [-0.2, -0.15) is 0 Å². The summed E-state index contributed by atoms with van der Waals surface area (Å²) in [7, 11) is 3.28. The van der Waals surface area contributed by atoms with Crippen molar-refractivity contribution in [3.63, 3.8) is 0 Å². The molecular formula is C29H30BrNO5S. The molecule has 0 aromatic heterocycles. The van der Waals surface area contributed by atoms with Crippen LogP contribution in [0.15, 0.2) is 83.8 Å². The second kappa shape index (κ2) is 12.0. The van der Waals surface area contributed by atoms with Crippen LogP contribution < -0.4 is 9.47 Å². The maximum absolute atomic E-state index is 14.0. The van der Waals surface area contributed by atoms with Gasteiger partial charge in [0.15, 0.2) is 0 Å². The number of methoxy groups -OCH3 is 2. The summed E-state index contributed by atoms with van der Waals surface area (Å²) in [6.07, 6.45) is 1.27. The van der Waals surface area contributed by atoms with Crippen molar-refractivity contribution in [1.82, 2.24) is 4.90 Å². The van der Waals surface area contributed by atoms with Crippen molar-refractivity contribution < 1.29 is 23.8 Å². The van der Waals surface area contributed by atoms with E-state index < -0.39 is 10.9 Å². The molecule has 1 saturated heterocycles. The molecule has 37 heavy (non-hydrogen) atoms. The van der Waals surface area contributed by atoms with Gasteiger partial charge in [-0.1, -0.05) is 70.2 Å². The molecule has 2 atom stereocenters. The Labute approximate surface area is 230 Å². The van der Waals surface area contributed by atoms with E-state index in [4.69, 9.17) is 14.2 Å². The van der Waals surface area contributed by atoms with Gasteiger partial charge >= 0.3 is 5.97 Å². The number of carbonyl (C=O) groups excluding carboxylic acids is 2. The minimum absolute atomic E-state index is 0.156. The third-order valence-corrected chi connectivity index (χ3v) is 8.37. The van der Waals surface area contributed by atoms with Gasteiger partial charge in [-0.3, -0.25) is 9.59 Å². The topological polar surface area (TPSA) is 65.1 Å². The van der Waals surface area contributed by atoms with Gasteiger partial charge in [0.2, 0.25) is 0 Å². The number of rotatable bonds is 11. The first-order valence-electron chi connectivity index (χ1n) is 12.0. The molecule has 3 aromatic carbocycles. The Hall–Kier alpha value is -2.97. The van der Waals surface area contributed by atoms with Gasteiger partial charge in [-0.15, -0.1) is 0 Å². The lowest BCUT2D eigenvalue weighted by Gasteiger charge is -2.56. The van der Waals surface area contributed by atoms with Crippen molar-refractivity contribution in [3.8, 4) is 11.5 Å². The van der Waals surface area contributed by atoms with E-state index in [1.165, 1.54) is 18.7 Å². The van der Waals surface area contributed by atoms with Crippen LogP contribution in [0.2, 0.25) is 0 Å². The predicted molar refractivity (Wildman–Crippen MR) is 148 cm³/mol. The van der Waals surface area contributed by atoms with E-state index in [9.17, 15) is 9.59 Å². The molecule has 1 aliphatic heterocycles. The largest absolute Gasteiger partial charge is 0.497 e. The van der Waals surface area contributed by atoms with Gasteiger partial charge in [0.25, 0.3) is 10.8 Å². The van der Waals surface area contributed by atoms with Crippen molar-refractivity contribution in [2.45, 2.75) is 41.7 Å². The van der Waals surface area contributed by atoms with Crippen LogP contribution in [-0.2, 0) is 27.2 Å². The van der Waals surface area contributed by atoms with E-state index in [0.717, 1.165) is 27.5 Å². The van der Waals surface area contributed by atoms with Crippen LogP contribution >= 0.6 is 27.7 Å². The summed E-state index contributed by atoms with van der Waals surface area (Å²) in [5.74, 6) is 0.876. The van der Waals surface area contributed by atoms with Crippen LogP contribution in [-0.4, -0.2) is 53.3 Å². The fraction of sp³-hybridized carbons (Fsp3) is 0.310. The van der Waals surface area contributed by atoms with Crippen LogP contribution in [0.5, 0.6) is 11.5 Å². The van der Waals surface area contributed by atoms with Gasteiger partial charge < -0.3 is 19.1 Å². The number of likely N-dealkylation sites (tertiary alicyclic amines) is 1. The average molecular weight is 585 g/mol. The SMILES string of the molecule is COc1ccc(CC(Cc2ccc(OC)cc2)N2C(=O)C(OC(C)=O)(Sc3ccccc3)C2CBr)cc1.